The highest BCUT2D eigenvalue weighted by molar-refractivity contribution is 6.30. The van der Waals surface area contributed by atoms with E-state index in [4.69, 9.17) is 11.6 Å². The zero-order valence-electron chi connectivity index (χ0n) is 12.5. The van der Waals surface area contributed by atoms with Gasteiger partial charge in [-0.1, -0.05) is 24.4 Å². The number of rotatable bonds is 4. The quantitative estimate of drug-likeness (QED) is 0.923. The van der Waals surface area contributed by atoms with Crippen molar-refractivity contribution in [2.45, 2.75) is 37.8 Å². The maximum atomic E-state index is 12.4. The predicted octanol–water partition coefficient (Wildman–Crippen LogP) is 1.93. The number of aliphatic hydroxyl groups excluding tert-OH is 1. The number of carbonyl (C=O) groups excluding carboxylic acids is 1. The smallest absolute Gasteiger partial charge is 0.242 e. The first-order valence-electron chi connectivity index (χ1n) is 7.25. The summed E-state index contributed by atoms with van der Waals surface area (Å²) in [6, 6.07) is 3.46. The molecule has 0 aromatic carbocycles. The molecule has 1 aromatic heterocycles. The molecule has 1 aliphatic carbocycles. The molecule has 1 aromatic rings. The Balaban J connectivity index is 1.95. The maximum Gasteiger partial charge on any atom is 0.242 e. The van der Waals surface area contributed by atoms with Crippen molar-refractivity contribution in [3.05, 3.63) is 23.4 Å². The molecule has 1 heterocycles. The van der Waals surface area contributed by atoms with Crippen LogP contribution in [0.2, 0.25) is 5.02 Å². The summed E-state index contributed by atoms with van der Waals surface area (Å²) in [7, 11) is 3.59. The summed E-state index contributed by atoms with van der Waals surface area (Å²) >= 11 is 5.81. The number of carbonyl (C=O) groups is 1. The Morgan fingerprint density at radius 3 is 2.71 bits per heavy atom. The van der Waals surface area contributed by atoms with Crippen LogP contribution in [0.15, 0.2) is 18.3 Å². The molecular formula is C15H22ClN3O2. The average Bonchev–Trinajstić information content (AvgIpc) is 2.47. The van der Waals surface area contributed by atoms with Crippen LogP contribution in [0.3, 0.4) is 0 Å². The van der Waals surface area contributed by atoms with Crippen molar-refractivity contribution in [2.24, 2.45) is 0 Å². The first kappa shape index (κ1) is 16.0. The average molecular weight is 312 g/mol. The number of anilines is 1. The minimum atomic E-state index is -0.410. The molecule has 0 bridgehead atoms. The Kier molecular flexibility index (Phi) is 5.42. The lowest BCUT2D eigenvalue weighted by Crippen LogP contribution is -2.49. The van der Waals surface area contributed by atoms with E-state index in [0.29, 0.717) is 10.8 Å². The van der Waals surface area contributed by atoms with E-state index in [1.165, 1.54) is 0 Å². The van der Waals surface area contributed by atoms with E-state index in [9.17, 15) is 9.90 Å². The minimum absolute atomic E-state index is 0.0137. The van der Waals surface area contributed by atoms with Crippen molar-refractivity contribution >= 4 is 23.3 Å². The number of amides is 1. The van der Waals surface area contributed by atoms with E-state index in [2.05, 4.69) is 4.98 Å². The van der Waals surface area contributed by atoms with E-state index >= 15 is 0 Å². The van der Waals surface area contributed by atoms with Crippen molar-refractivity contribution in [1.29, 1.82) is 0 Å². The zero-order valence-corrected chi connectivity index (χ0v) is 13.3. The topological polar surface area (TPSA) is 56.7 Å². The van der Waals surface area contributed by atoms with Crippen LogP contribution in [0.25, 0.3) is 0 Å². The van der Waals surface area contributed by atoms with Crippen LogP contribution >= 0.6 is 11.6 Å². The van der Waals surface area contributed by atoms with Gasteiger partial charge in [-0.05, 0) is 25.0 Å². The normalized spacial score (nSPS) is 21.9. The molecule has 1 amide bonds. The van der Waals surface area contributed by atoms with Gasteiger partial charge in [-0.15, -0.1) is 0 Å². The van der Waals surface area contributed by atoms with E-state index < -0.39 is 6.10 Å². The fraction of sp³-hybridized carbons (Fsp3) is 0.600. The van der Waals surface area contributed by atoms with Crippen molar-refractivity contribution in [3.63, 3.8) is 0 Å². The molecular weight excluding hydrogens is 290 g/mol. The van der Waals surface area contributed by atoms with Crippen LogP contribution < -0.4 is 4.90 Å². The number of aliphatic hydroxyl groups is 1. The number of pyridine rings is 1. The maximum absolute atomic E-state index is 12.4. The molecule has 5 nitrogen and oxygen atoms in total. The van der Waals surface area contributed by atoms with Gasteiger partial charge in [0.15, 0.2) is 0 Å². The van der Waals surface area contributed by atoms with E-state index in [0.717, 1.165) is 25.7 Å². The molecule has 0 aliphatic heterocycles. The highest BCUT2D eigenvalue weighted by Gasteiger charge is 2.29. The summed E-state index contributed by atoms with van der Waals surface area (Å²) in [5.74, 6) is 0.686. The molecule has 0 radical (unpaired) electrons. The van der Waals surface area contributed by atoms with Gasteiger partial charge in [-0.25, -0.2) is 4.98 Å². The number of hydrogen-bond acceptors (Lipinski definition) is 4. The molecule has 2 rings (SSSR count). The van der Waals surface area contributed by atoms with Gasteiger partial charge >= 0.3 is 0 Å². The van der Waals surface area contributed by atoms with E-state index in [-0.39, 0.29) is 18.5 Å². The first-order chi connectivity index (χ1) is 9.99. The number of nitrogens with zero attached hydrogens (tertiary/aromatic N) is 3. The molecule has 2 atom stereocenters. The van der Waals surface area contributed by atoms with Crippen LogP contribution in [-0.4, -0.2) is 53.7 Å². The standard InChI is InChI=1S/C15H22ClN3O2/c1-18(14-8-7-11(16)9-17-14)10-15(21)19(2)12-5-3-4-6-13(12)20/h7-9,12-13,20H,3-6,10H2,1-2H3. The lowest BCUT2D eigenvalue weighted by Gasteiger charge is -2.36. The van der Waals surface area contributed by atoms with E-state index in [1.807, 2.05) is 7.05 Å². The molecule has 116 valence electrons. The first-order valence-corrected chi connectivity index (χ1v) is 7.63. The van der Waals surface area contributed by atoms with Crippen LogP contribution in [0.1, 0.15) is 25.7 Å². The highest BCUT2D eigenvalue weighted by atomic mass is 35.5. The second kappa shape index (κ2) is 7.09. The fourth-order valence-corrected chi connectivity index (χ4v) is 2.83. The van der Waals surface area contributed by atoms with Crippen LogP contribution in [0.4, 0.5) is 5.82 Å². The molecule has 0 spiro atoms. The summed E-state index contributed by atoms with van der Waals surface area (Å²) in [5, 5.41) is 10.6. The molecule has 21 heavy (non-hydrogen) atoms. The Morgan fingerprint density at radius 2 is 2.10 bits per heavy atom. The van der Waals surface area contributed by atoms with Gasteiger partial charge in [0.1, 0.15) is 5.82 Å². The van der Waals surface area contributed by atoms with E-state index in [1.54, 1.807) is 35.2 Å². The molecule has 1 fully saturated rings. The van der Waals surface area contributed by atoms with Gasteiger partial charge in [0.05, 0.1) is 23.7 Å². The van der Waals surface area contributed by atoms with Crippen LogP contribution in [0, 0.1) is 0 Å². The summed E-state index contributed by atoms with van der Waals surface area (Å²) in [6.07, 6.45) is 4.89. The second-order valence-corrected chi connectivity index (χ2v) is 6.05. The summed E-state index contributed by atoms with van der Waals surface area (Å²) in [5.41, 5.74) is 0. The molecule has 0 saturated heterocycles. The predicted molar refractivity (Wildman–Crippen MR) is 83.5 cm³/mol. The van der Waals surface area contributed by atoms with Crippen molar-refractivity contribution < 1.29 is 9.90 Å². The summed E-state index contributed by atoms with van der Waals surface area (Å²) in [6.45, 7) is 0.231. The van der Waals surface area contributed by atoms with Gasteiger partial charge in [0.25, 0.3) is 0 Å². The molecule has 2 unspecified atom stereocenters. The van der Waals surface area contributed by atoms with Gasteiger partial charge in [-0.3, -0.25) is 4.79 Å². The molecule has 1 saturated carbocycles. The van der Waals surface area contributed by atoms with Crippen molar-refractivity contribution in [3.8, 4) is 0 Å². The van der Waals surface area contributed by atoms with Gasteiger partial charge in [-0.2, -0.15) is 0 Å². The minimum Gasteiger partial charge on any atom is -0.391 e. The van der Waals surface area contributed by atoms with Gasteiger partial charge < -0.3 is 14.9 Å². The summed E-state index contributed by atoms with van der Waals surface area (Å²) < 4.78 is 0. The molecule has 6 heteroatoms. The molecule has 1 N–H and O–H groups in total. The number of halogens is 1. The SMILES string of the molecule is CN(CC(=O)N(C)C1CCCCC1O)c1ccc(Cl)cn1. The van der Waals surface area contributed by atoms with Crippen LogP contribution in [-0.2, 0) is 4.79 Å². The second-order valence-electron chi connectivity index (χ2n) is 5.61. The Hall–Kier alpha value is -1.33. The number of likely N-dealkylation sites (N-methyl/N-ethyl adjacent to an activating group) is 2. The van der Waals surface area contributed by atoms with Crippen LogP contribution in [0.5, 0.6) is 0 Å². The van der Waals surface area contributed by atoms with Crippen molar-refractivity contribution in [2.75, 3.05) is 25.5 Å². The van der Waals surface area contributed by atoms with Crippen molar-refractivity contribution in [1.82, 2.24) is 9.88 Å². The largest absolute Gasteiger partial charge is 0.391 e. The lowest BCUT2D eigenvalue weighted by atomic mass is 9.91. The van der Waals surface area contributed by atoms with Gasteiger partial charge in [0.2, 0.25) is 5.91 Å². The number of aromatic nitrogens is 1. The lowest BCUT2D eigenvalue weighted by molar-refractivity contribution is -0.133. The third-order valence-electron chi connectivity index (χ3n) is 4.06. The third kappa shape index (κ3) is 4.08. The third-order valence-corrected chi connectivity index (χ3v) is 4.28. The Bertz CT molecular complexity index is 480. The summed E-state index contributed by atoms with van der Waals surface area (Å²) in [4.78, 5) is 20.0. The fourth-order valence-electron chi connectivity index (χ4n) is 2.72. The van der Waals surface area contributed by atoms with Gasteiger partial charge in [0, 0.05) is 20.3 Å². The highest BCUT2D eigenvalue weighted by Crippen LogP contribution is 2.22. The Morgan fingerprint density at radius 1 is 1.38 bits per heavy atom. The monoisotopic (exact) mass is 311 g/mol. The molecule has 1 aliphatic rings. The Labute approximate surface area is 130 Å². The zero-order chi connectivity index (χ0) is 15.4. The number of hydrogen-bond donors (Lipinski definition) is 1.